The Bertz CT molecular complexity index is 712. The fourth-order valence-corrected chi connectivity index (χ4v) is 2.55. The molecule has 0 aliphatic heterocycles. The molecule has 21 heavy (non-hydrogen) atoms. The predicted molar refractivity (Wildman–Crippen MR) is 78.2 cm³/mol. The molecule has 2 aromatic rings. The third kappa shape index (κ3) is 4.08. The zero-order valence-corrected chi connectivity index (χ0v) is 12.8. The van der Waals surface area contributed by atoms with Crippen molar-refractivity contribution in [2.45, 2.75) is 25.8 Å². The maximum absolute atomic E-state index is 11.1. The van der Waals surface area contributed by atoms with Crippen LogP contribution in [0.1, 0.15) is 30.8 Å². The van der Waals surface area contributed by atoms with E-state index < -0.39 is 15.9 Å². The number of hydrogen-bond acceptors (Lipinski definition) is 7. The summed E-state index contributed by atoms with van der Waals surface area (Å²) in [4.78, 5) is 8.49. The van der Waals surface area contributed by atoms with E-state index in [2.05, 4.69) is 15.1 Å². The van der Waals surface area contributed by atoms with E-state index in [9.17, 15) is 8.42 Å². The molecule has 2 aromatic heterocycles. The second-order valence-electron chi connectivity index (χ2n) is 4.85. The molecule has 0 bridgehead atoms. The van der Waals surface area contributed by atoms with E-state index in [4.69, 9.17) is 10.3 Å². The van der Waals surface area contributed by atoms with Gasteiger partial charge in [-0.05, 0) is 24.5 Å². The summed E-state index contributed by atoms with van der Waals surface area (Å²) in [5.41, 5.74) is 7.55. The van der Waals surface area contributed by atoms with Crippen molar-refractivity contribution >= 4 is 9.84 Å². The van der Waals surface area contributed by atoms with Crippen LogP contribution in [0.5, 0.6) is 0 Å². The quantitative estimate of drug-likeness (QED) is 0.851. The van der Waals surface area contributed by atoms with Gasteiger partial charge >= 0.3 is 0 Å². The van der Waals surface area contributed by atoms with Crippen molar-refractivity contribution in [3.63, 3.8) is 0 Å². The van der Waals surface area contributed by atoms with Gasteiger partial charge in [0.15, 0.2) is 0 Å². The molecule has 0 aliphatic rings. The largest absolute Gasteiger partial charge is 0.337 e. The number of nitrogens with zero attached hydrogens (tertiary/aromatic N) is 3. The summed E-state index contributed by atoms with van der Waals surface area (Å²) in [6, 6.07) is 3.19. The van der Waals surface area contributed by atoms with E-state index >= 15 is 0 Å². The Labute approximate surface area is 123 Å². The van der Waals surface area contributed by atoms with Gasteiger partial charge < -0.3 is 10.3 Å². The number of nitrogens with two attached hydrogens (primary N) is 1. The highest BCUT2D eigenvalue weighted by molar-refractivity contribution is 7.90. The summed E-state index contributed by atoms with van der Waals surface area (Å²) in [5.74, 6) is 0.578. The first-order valence-electron chi connectivity index (χ1n) is 6.62. The molecular formula is C13H18N4O3S. The van der Waals surface area contributed by atoms with E-state index in [0.717, 1.165) is 12.0 Å². The summed E-state index contributed by atoms with van der Waals surface area (Å²) in [7, 11) is -3.07. The Morgan fingerprint density at radius 3 is 2.86 bits per heavy atom. The molecule has 2 rings (SSSR count). The third-order valence-corrected chi connectivity index (χ3v) is 4.02. The number of aryl methyl sites for hydroxylation is 1. The molecule has 0 spiro atoms. The first-order valence-corrected chi connectivity index (χ1v) is 8.68. The van der Waals surface area contributed by atoms with E-state index in [-0.39, 0.29) is 18.1 Å². The zero-order chi connectivity index (χ0) is 15.5. The Morgan fingerprint density at radius 1 is 1.43 bits per heavy atom. The second-order valence-corrected chi connectivity index (χ2v) is 7.11. The van der Waals surface area contributed by atoms with Crippen molar-refractivity contribution in [2.24, 2.45) is 5.73 Å². The van der Waals surface area contributed by atoms with Crippen molar-refractivity contribution in [2.75, 3.05) is 12.0 Å². The Balaban J connectivity index is 2.18. The average molecular weight is 310 g/mol. The maximum atomic E-state index is 11.1. The zero-order valence-electron chi connectivity index (χ0n) is 12.0. The maximum Gasteiger partial charge on any atom is 0.243 e. The Hall–Kier alpha value is -1.80. The molecule has 0 aliphatic carbocycles. The van der Waals surface area contributed by atoms with Crippen LogP contribution >= 0.6 is 0 Å². The molecule has 114 valence electrons. The van der Waals surface area contributed by atoms with Crippen LogP contribution in [0.25, 0.3) is 11.5 Å². The fraction of sp³-hybridized carbons (Fsp3) is 0.462. The first-order chi connectivity index (χ1) is 9.90. The molecule has 8 heteroatoms. The summed E-state index contributed by atoms with van der Waals surface area (Å²) in [5, 5.41) is 3.88. The van der Waals surface area contributed by atoms with Crippen molar-refractivity contribution in [1.29, 1.82) is 0 Å². The lowest BCUT2D eigenvalue weighted by atomic mass is 10.1. The minimum atomic E-state index is -3.07. The van der Waals surface area contributed by atoms with Gasteiger partial charge in [-0.25, -0.2) is 8.42 Å². The predicted octanol–water partition coefficient (Wildman–Crippen LogP) is 1.13. The lowest BCUT2D eigenvalue weighted by Crippen LogP contribution is -2.16. The smallest absolute Gasteiger partial charge is 0.243 e. The molecule has 1 atom stereocenters. The van der Waals surface area contributed by atoms with Crippen LogP contribution in [0.3, 0.4) is 0 Å². The molecule has 0 saturated carbocycles. The van der Waals surface area contributed by atoms with Crippen LogP contribution < -0.4 is 5.73 Å². The molecule has 7 nitrogen and oxygen atoms in total. The van der Waals surface area contributed by atoms with Crippen LogP contribution in [0, 0.1) is 0 Å². The molecule has 0 amide bonds. The van der Waals surface area contributed by atoms with Gasteiger partial charge in [-0.15, -0.1) is 0 Å². The summed E-state index contributed by atoms with van der Waals surface area (Å²) < 4.78 is 27.4. The summed E-state index contributed by atoms with van der Waals surface area (Å²) >= 11 is 0. The molecule has 0 fully saturated rings. The normalized spacial score (nSPS) is 13.3. The van der Waals surface area contributed by atoms with Crippen LogP contribution in [0.2, 0.25) is 0 Å². The molecule has 2 N–H and O–H groups in total. The van der Waals surface area contributed by atoms with Gasteiger partial charge in [0.1, 0.15) is 15.5 Å². The molecule has 1 unspecified atom stereocenters. The third-order valence-electron chi connectivity index (χ3n) is 3.04. The SMILES string of the molecule is CCc1cccnc1-c1noc(C(N)CCS(C)(=O)=O)n1. The van der Waals surface area contributed by atoms with Crippen LogP contribution in [-0.2, 0) is 16.3 Å². The van der Waals surface area contributed by atoms with Crippen LogP contribution in [0.15, 0.2) is 22.9 Å². The van der Waals surface area contributed by atoms with Gasteiger partial charge in [0.2, 0.25) is 11.7 Å². The fourth-order valence-electron chi connectivity index (χ4n) is 1.87. The molecule has 0 radical (unpaired) electrons. The standard InChI is InChI=1S/C13H18N4O3S/c1-3-9-5-4-7-15-11(9)12-16-13(20-17-12)10(14)6-8-21(2,18)19/h4-5,7,10H,3,6,8,14H2,1-2H3. The lowest BCUT2D eigenvalue weighted by Gasteiger charge is -2.04. The van der Waals surface area contributed by atoms with E-state index in [0.29, 0.717) is 11.5 Å². The van der Waals surface area contributed by atoms with Gasteiger partial charge in [0.05, 0.1) is 11.8 Å². The summed E-state index contributed by atoms with van der Waals surface area (Å²) in [6.45, 7) is 2.01. The van der Waals surface area contributed by atoms with Gasteiger partial charge in [-0.3, -0.25) is 4.98 Å². The molecule has 2 heterocycles. The number of pyridine rings is 1. The van der Waals surface area contributed by atoms with Crippen LogP contribution in [0.4, 0.5) is 0 Å². The van der Waals surface area contributed by atoms with Gasteiger partial charge in [-0.1, -0.05) is 18.1 Å². The number of sulfone groups is 1. The van der Waals surface area contributed by atoms with Gasteiger partial charge in [0.25, 0.3) is 0 Å². The monoisotopic (exact) mass is 310 g/mol. The molecular weight excluding hydrogens is 292 g/mol. The number of aromatic nitrogens is 3. The first kappa shape index (κ1) is 15.6. The summed E-state index contributed by atoms with van der Waals surface area (Å²) in [6.07, 6.45) is 3.87. The van der Waals surface area contributed by atoms with Crippen molar-refractivity contribution in [3.05, 3.63) is 29.8 Å². The van der Waals surface area contributed by atoms with Gasteiger partial charge in [0, 0.05) is 12.5 Å². The molecule has 0 aromatic carbocycles. The second kappa shape index (κ2) is 6.31. The van der Waals surface area contributed by atoms with Gasteiger partial charge in [-0.2, -0.15) is 4.98 Å². The topological polar surface area (TPSA) is 112 Å². The minimum absolute atomic E-state index is 0.0182. The number of rotatable bonds is 6. The average Bonchev–Trinajstić information content (AvgIpc) is 2.93. The van der Waals surface area contributed by atoms with Crippen molar-refractivity contribution in [1.82, 2.24) is 15.1 Å². The number of hydrogen-bond donors (Lipinski definition) is 1. The van der Waals surface area contributed by atoms with Crippen LogP contribution in [-0.4, -0.2) is 35.6 Å². The van der Waals surface area contributed by atoms with E-state index in [1.165, 1.54) is 6.26 Å². The lowest BCUT2D eigenvalue weighted by molar-refractivity contribution is 0.352. The van der Waals surface area contributed by atoms with E-state index in [1.807, 2.05) is 19.1 Å². The highest BCUT2D eigenvalue weighted by Gasteiger charge is 2.19. The van der Waals surface area contributed by atoms with E-state index in [1.54, 1.807) is 6.20 Å². The molecule has 0 saturated heterocycles. The Morgan fingerprint density at radius 2 is 2.19 bits per heavy atom. The minimum Gasteiger partial charge on any atom is -0.337 e. The Kier molecular flexibility index (Phi) is 4.69. The van der Waals surface area contributed by atoms with Crippen molar-refractivity contribution < 1.29 is 12.9 Å². The van der Waals surface area contributed by atoms with Crippen molar-refractivity contribution in [3.8, 4) is 11.5 Å². The highest BCUT2D eigenvalue weighted by Crippen LogP contribution is 2.21. The highest BCUT2D eigenvalue weighted by atomic mass is 32.2.